The van der Waals surface area contributed by atoms with Crippen molar-refractivity contribution in [2.24, 2.45) is 11.7 Å². The van der Waals surface area contributed by atoms with Gasteiger partial charge in [0.25, 0.3) is 0 Å². The molecule has 24 heavy (non-hydrogen) atoms. The van der Waals surface area contributed by atoms with Crippen LogP contribution in [0.3, 0.4) is 0 Å². The molecule has 1 aliphatic carbocycles. The smallest absolute Gasteiger partial charge is 0.337 e. The molecular weight excluding hydrogens is 336 g/mol. The zero-order valence-corrected chi connectivity index (χ0v) is 14.4. The molecule has 1 aliphatic rings. The third-order valence-electron chi connectivity index (χ3n) is 3.89. The Balaban J connectivity index is 0.00000288. The number of benzene rings is 1. The fraction of sp³-hybridized carbons (Fsp3) is 0.438. The predicted octanol–water partition coefficient (Wildman–Crippen LogP) is 1.75. The van der Waals surface area contributed by atoms with E-state index in [0.29, 0.717) is 12.1 Å². The van der Waals surface area contributed by atoms with Crippen LogP contribution in [0.5, 0.6) is 0 Å². The van der Waals surface area contributed by atoms with Crippen molar-refractivity contribution < 1.29 is 23.9 Å². The third-order valence-corrected chi connectivity index (χ3v) is 3.89. The SMILES string of the molecule is COC(=O)c1cc(NC(=O)C2CCC(N)C2)cc(C(=O)OC)c1.Cl. The predicted molar refractivity (Wildman–Crippen MR) is 90.3 cm³/mol. The van der Waals surface area contributed by atoms with Gasteiger partial charge in [-0.2, -0.15) is 0 Å². The molecule has 8 heteroatoms. The maximum absolute atomic E-state index is 12.3. The number of amides is 1. The number of hydrogen-bond acceptors (Lipinski definition) is 6. The first-order valence-corrected chi connectivity index (χ1v) is 7.32. The number of esters is 2. The lowest BCUT2D eigenvalue weighted by Gasteiger charge is -2.13. The number of halogens is 1. The first-order valence-electron chi connectivity index (χ1n) is 7.32. The molecule has 0 saturated heterocycles. The number of nitrogens with two attached hydrogens (primary N) is 1. The Morgan fingerprint density at radius 3 is 2.00 bits per heavy atom. The largest absolute Gasteiger partial charge is 0.465 e. The lowest BCUT2D eigenvalue weighted by atomic mass is 10.1. The minimum Gasteiger partial charge on any atom is -0.465 e. The zero-order chi connectivity index (χ0) is 17.0. The molecule has 0 spiro atoms. The van der Waals surface area contributed by atoms with Gasteiger partial charge in [0.1, 0.15) is 0 Å². The van der Waals surface area contributed by atoms with Gasteiger partial charge in [-0.1, -0.05) is 0 Å². The normalized spacial score (nSPS) is 19.1. The molecule has 0 aliphatic heterocycles. The molecule has 0 bridgehead atoms. The van der Waals surface area contributed by atoms with E-state index in [9.17, 15) is 14.4 Å². The maximum atomic E-state index is 12.3. The van der Waals surface area contributed by atoms with Crippen LogP contribution in [0, 0.1) is 5.92 Å². The van der Waals surface area contributed by atoms with Gasteiger partial charge in [-0.25, -0.2) is 9.59 Å². The lowest BCUT2D eigenvalue weighted by Crippen LogP contribution is -2.23. The summed E-state index contributed by atoms with van der Waals surface area (Å²) in [6, 6.07) is 4.33. The Morgan fingerprint density at radius 1 is 1.04 bits per heavy atom. The number of methoxy groups -OCH3 is 2. The number of hydrogen-bond donors (Lipinski definition) is 2. The molecular formula is C16H21ClN2O5. The summed E-state index contributed by atoms with van der Waals surface area (Å²) in [5, 5.41) is 2.73. The molecule has 1 amide bonds. The highest BCUT2D eigenvalue weighted by molar-refractivity contribution is 6.00. The van der Waals surface area contributed by atoms with Crippen LogP contribution in [0.1, 0.15) is 40.0 Å². The summed E-state index contributed by atoms with van der Waals surface area (Å²) in [4.78, 5) is 35.7. The van der Waals surface area contributed by atoms with Crippen LogP contribution >= 0.6 is 12.4 Å². The summed E-state index contributed by atoms with van der Waals surface area (Å²) < 4.78 is 9.32. The van der Waals surface area contributed by atoms with Gasteiger partial charge in [0.2, 0.25) is 5.91 Å². The van der Waals surface area contributed by atoms with E-state index in [2.05, 4.69) is 14.8 Å². The van der Waals surface area contributed by atoms with Crippen LogP contribution in [0.2, 0.25) is 0 Å². The molecule has 2 unspecified atom stereocenters. The van der Waals surface area contributed by atoms with Crippen molar-refractivity contribution in [1.82, 2.24) is 0 Å². The molecule has 1 fully saturated rings. The van der Waals surface area contributed by atoms with Crippen LogP contribution in [-0.4, -0.2) is 38.1 Å². The summed E-state index contributed by atoms with van der Waals surface area (Å²) in [7, 11) is 2.48. The summed E-state index contributed by atoms with van der Waals surface area (Å²) in [6.07, 6.45) is 2.17. The highest BCUT2D eigenvalue weighted by atomic mass is 35.5. The van der Waals surface area contributed by atoms with Crippen molar-refractivity contribution >= 4 is 35.9 Å². The number of rotatable bonds is 4. The number of carbonyl (C=O) groups excluding carboxylic acids is 3. The Morgan fingerprint density at radius 2 is 1.58 bits per heavy atom. The minimum absolute atomic E-state index is 0. The summed E-state index contributed by atoms with van der Waals surface area (Å²) >= 11 is 0. The number of anilines is 1. The van der Waals surface area contributed by atoms with Crippen LogP contribution in [-0.2, 0) is 14.3 Å². The van der Waals surface area contributed by atoms with Gasteiger partial charge in [0.15, 0.2) is 0 Å². The molecule has 2 atom stereocenters. The van der Waals surface area contributed by atoms with Gasteiger partial charge < -0.3 is 20.5 Å². The number of carbonyl (C=O) groups is 3. The summed E-state index contributed by atoms with van der Waals surface area (Å²) in [6.45, 7) is 0. The monoisotopic (exact) mass is 356 g/mol. The Hall–Kier alpha value is -2.12. The molecule has 0 heterocycles. The van der Waals surface area contributed by atoms with Crippen LogP contribution in [0.25, 0.3) is 0 Å². The first kappa shape index (κ1) is 19.9. The van der Waals surface area contributed by atoms with Gasteiger partial charge in [0, 0.05) is 17.6 Å². The van der Waals surface area contributed by atoms with Gasteiger partial charge in [-0.15, -0.1) is 12.4 Å². The topological polar surface area (TPSA) is 108 Å². The van der Waals surface area contributed by atoms with E-state index in [1.54, 1.807) is 0 Å². The van der Waals surface area contributed by atoms with Crippen molar-refractivity contribution in [2.75, 3.05) is 19.5 Å². The standard InChI is InChI=1S/C16H20N2O5.ClH/c1-22-15(20)10-5-11(16(21)23-2)8-13(7-10)18-14(19)9-3-4-12(17)6-9;/h5,7-9,12H,3-4,6,17H2,1-2H3,(H,18,19);1H. The number of nitrogens with one attached hydrogen (secondary N) is 1. The van der Waals surface area contributed by atoms with E-state index >= 15 is 0 Å². The van der Waals surface area contributed by atoms with E-state index in [1.807, 2.05) is 0 Å². The Bertz CT molecular complexity index is 601. The molecule has 7 nitrogen and oxygen atoms in total. The zero-order valence-electron chi connectivity index (χ0n) is 13.5. The highest BCUT2D eigenvalue weighted by Gasteiger charge is 2.28. The molecule has 0 radical (unpaired) electrons. The fourth-order valence-electron chi connectivity index (χ4n) is 2.67. The number of ether oxygens (including phenoxy) is 2. The molecule has 0 aromatic heterocycles. The van der Waals surface area contributed by atoms with Crippen LogP contribution in [0.4, 0.5) is 5.69 Å². The van der Waals surface area contributed by atoms with Gasteiger partial charge in [-0.3, -0.25) is 4.79 Å². The molecule has 132 valence electrons. The Labute approximate surface area is 146 Å². The molecule has 2 rings (SSSR count). The molecule has 1 aromatic carbocycles. The van der Waals surface area contributed by atoms with E-state index < -0.39 is 11.9 Å². The second kappa shape index (κ2) is 8.65. The average molecular weight is 357 g/mol. The quantitative estimate of drug-likeness (QED) is 0.796. The minimum atomic E-state index is -0.603. The van der Waals surface area contributed by atoms with Crippen molar-refractivity contribution in [2.45, 2.75) is 25.3 Å². The van der Waals surface area contributed by atoms with Gasteiger partial charge in [0.05, 0.1) is 25.3 Å². The van der Waals surface area contributed by atoms with E-state index in [4.69, 9.17) is 5.73 Å². The van der Waals surface area contributed by atoms with E-state index in [-0.39, 0.29) is 41.4 Å². The lowest BCUT2D eigenvalue weighted by molar-refractivity contribution is -0.119. The first-order chi connectivity index (χ1) is 10.9. The molecule has 1 aromatic rings. The van der Waals surface area contributed by atoms with Gasteiger partial charge in [-0.05, 0) is 37.5 Å². The van der Waals surface area contributed by atoms with Crippen molar-refractivity contribution in [3.05, 3.63) is 29.3 Å². The van der Waals surface area contributed by atoms with Crippen LogP contribution in [0.15, 0.2) is 18.2 Å². The molecule has 3 N–H and O–H groups in total. The Kier molecular flexibility index (Phi) is 7.18. The van der Waals surface area contributed by atoms with Crippen molar-refractivity contribution in [3.63, 3.8) is 0 Å². The van der Waals surface area contributed by atoms with Crippen molar-refractivity contribution in [3.8, 4) is 0 Å². The summed E-state index contributed by atoms with van der Waals surface area (Å²) in [5.74, 6) is -1.53. The maximum Gasteiger partial charge on any atom is 0.337 e. The third kappa shape index (κ3) is 4.69. The second-order valence-electron chi connectivity index (χ2n) is 5.54. The summed E-state index contributed by atoms with van der Waals surface area (Å²) in [5.41, 5.74) is 6.49. The highest BCUT2D eigenvalue weighted by Crippen LogP contribution is 2.26. The average Bonchev–Trinajstić information content (AvgIpc) is 2.99. The second-order valence-corrected chi connectivity index (χ2v) is 5.54. The van der Waals surface area contributed by atoms with Gasteiger partial charge >= 0.3 is 11.9 Å². The van der Waals surface area contributed by atoms with E-state index in [1.165, 1.54) is 32.4 Å². The van der Waals surface area contributed by atoms with Crippen LogP contribution < -0.4 is 11.1 Å². The van der Waals surface area contributed by atoms with E-state index in [0.717, 1.165) is 12.8 Å². The molecule has 1 saturated carbocycles. The van der Waals surface area contributed by atoms with Crippen molar-refractivity contribution in [1.29, 1.82) is 0 Å². The fourth-order valence-corrected chi connectivity index (χ4v) is 2.67.